The minimum absolute atomic E-state index is 0.132. The van der Waals surface area contributed by atoms with Gasteiger partial charge in [-0.3, -0.25) is 4.79 Å². The lowest BCUT2D eigenvalue weighted by atomic mass is 9.72. The highest BCUT2D eigenvalue weighted by Gasteiger charge is 2.42. The first kappa shape index (κ1) is 16.0. The van der Waals surface area contributed by atoms with Gasteiger partial charge in [0.05, 0.1) is 5.41 Å². The van der Waals surface area contributed by atoms with Crippen LogP contribution in [0.2, 0.25) is 0 Å². The van der Waals surface area contributed by atoms with Crippen LogP contribution in [-0.4, -0.2) is 38.1 Å². The molecule has 1 fully saturated rings. The molecule has 0 radical (unpaired) electrons. The van der Waals surface area contributed by atoms with Crippen molar-refractivity contribution in [2.45, 2.75) is 44.4 Å². The SMILES string of the molecule is CN(C)C(=O)C1(c2ccc(C(C)(C)C)cc2)CCOCC1. The van der Waals surface area contributed by atoms with Crippen LogP contribution in [0, 0.1) is 0 Å². The van der Waals surface area contributed by atoms with Crippen molar-refractivity contribution < 1.29 is 9.53 Å². The molecule has 0 bridgehead atoms. The maximum Gasteiger partial charge on any atom is 0.232 e. The van der Waals surface area contributed by atoms with Crippen molar-refractivity contribution in [1.82, 2.24) is 4.90 Å². The van der Waals surface area contributed by atoms with Gasteiger partial charge in [0.25, 0.3) is 0 Å². The van der Waals surface area contributed by atoms with Gasteiger partial charge < -0.3 is 9.64 Å². The van der Waals surface area contributed by atoms with Crippen LogP contribution in [0.15, 0.2) is 24.3 Å². The predicted octanol–water partition coefficient (Wildman–Crippen LogP) is 3.12. The Morgan fingerprint density at radius 1 is 1.10 bits per heavy atom. The molecule has 0 aromatic heterocycles. The highest BCUT2D eigenvalue weighted by Crippen LogP contribution is 2.37. The third kappa shape index (κ3) is 3.13. The van der Waals surface area contributed by atoms with Crippen LogP contribution in [0.3, 0.4) is 0 Å². The number of amides is 1. The van der Waals surface area contributed by atoms with Crippen molar-refractivity contribution >= 4 is 5.91 Å². The van der Waals surface area contributed by atoms with Gasteiger partial charge in [-0.25, -0.2) is 0 Å². The van der Waals surface area contributed by atoms with E-state index in [9.17, 15) is 4.79 Å². The minimum atomic E-state index is -0.418. The summed E-state index contributed by atoms with van der Waals surface area (Å²) in [7, 11) is 3.67. The number of carbonyl (C=O) groups excluding carboxylic acids is 1. The van der Waals surface area contributed by atoms with Crippen LogP contribution < -0.4 is 0 Å². The quantitative estimate of drug-likeness (QED) is 0.837. The van der Waals surface area contributed by atoms with Crippen molar-refractivity contribution in [3.05, 3.63) is 35.4 Å². The van der Waals surface area contributed by atoms with Gasteiger partial charge in [0.2, 0.25) is 5.91 Å². The van der Waals surface area contributed by atoms with Crippen LogP contribution in [0.4, 0.5) is 0 Å². The highest BCUT2D eigenvalue weighted by molar-refractivity contribution is 5.88. The van der Waals surface area contributed by atoms with Crippen LogP contribution in [-0.2, 0) is 20.4 Å². The zero-order valence-electron chi connectivity index (χ0n) is 13.9. The third-order valence-corrected chi connectivity index (χ3v) is 4.47. The number of nitrogens with zero attached hydrogens (tertiary/aromatic N) is 1. The van der Waals surface area contributed by atoms with E-state index in [1.54, 1.807) is 4.90 Å². The second-order valence-electron chi connectivity index (χ2n) is 7.22. The Bertz CT molecular complexity index is 491. The zero-order chi connectivity index (χ0) is 15.7. The molecular weight excluding hydrogens is 262 g/mol. The van der Waals surface area contributed by atoms with Crippen LogP contribution in [0.25, 0.3) is 0 Å². The second-order valence-corrected chi connectivity index (χ2v) is 7.22. The molecule has 1 saturated heterocycles. The molecule has 0 aliphatic carbocycles. The van der Waals surface area contributed by atoms with Crippen molar-refractivity contribution in [3.63, 3.8) is 0 Å². The number of ether oxygens (including phenoxy) is 1. The smallest absolute Gasteiger partial charge is 0.232 e. The molecule has 3 heteroatoms. The second kappa shape index (κ2) is 5.80. The Hall–Kier alpha value is -1.35. The fourth-order valence-corrected chi connectivity index (χ4v) is 3.06. The monoisotopic (exact) mass is 289 g/mol. The normalized spacial score (nSPS) is 18.3. The van der Waals surface area contributed by atoms with E-state index in [0.29, 0.717) is 13.2 Å². The number of hydrogen-bond acceptors (Lipinski definition) is 2. The molecule has 0 spiro atoms. The third-order valence-electron chi connectivity index (χ3n) is 4.47. The van der Waals surface area contributed by atoms with E-state index in [1.165, 1.54) is 5.56 Å². The van der Waals surface area contributed by atoms with Gasteiger partial charge in [-0.05, 0) is 29.4 Å². The van der Waals surface area contributed by atoms with Crippen molar-refractivity contribution in [2.24, 2.45) is 0 Å². The minimum Gasteiger partial charge on any atom is -0.381 e. The molecule has 1 amide bonds. The van der Waals surface area contributed by atoms with Gasteiger partial charge in [-0.1, -0.05) is 45.0 Å². The number of rotatable bonds is 2. The topological polar surface area (TPSA) is 29.5 Å². The summed E-state index contributed by atoms with van der Waals surface area (Å²) in [6.45, 7) is 7.92. The molecule has 1 heterocycles. The average molecular weight is 289 g/mol. The van der Waals surface area contributed by atoms with E-state index in [2.05, 4.69) is 45.0 Å². The van der Waals surface area contributed by atoms with E-state index in [4.69, 9.17) is 4.74 Å². The van der Waals surface area contributed by atoms with Gasteiger partial charge in [0.15, 0.2) is 0 Å². The molecule has 1 aliphatic rings. The molecular formula is C18H27NO2. The molecule has 0 N–H and O–H groups in total. The summed E-state index contributed by atoms with van der Waals surface area (Å²) in [6, 6.07) is 8.59. The molecule has 1 aromatic carbocycles. The van der Waals surface area contributed by atoms with E-state index in [1.807, 2.05) is 14.1 Å². The molecule has 0 atom stereocenters. The summed E-state index contributed by atoms with van der Waals surface area (Å²) in [5, 5.41) is 0. The first-order valence-corrected chi connectivity index (χ1v) is 7.68. The molecule has 2 rings (SSSR count). The van der Waals surface area contributed by atoms with E-state index >= 15 is 0 Å². The zero-order valence-corrected chi connectivity index (χ0v) is 13.9. The van der Waals surface area contributed by atoms with E-state index < -0.39 is 5.41 Å². The van der Waals surface area contributed by atoms with Crippen molar-refractivity contribution in [1.29, 1.82) is 0 Å². The summed E-state index contributed by atoms with van der Waals surface area (Å²) in [6.07, 6.45) is 1.53. The predicted molar refractivity (Wildman–Crippen MR) is 85.6 cm³/mol. The Labute approximate surface area is 128 Å². The Morgan fingerprint density at radius 3 is 2.05 bits per heavy atom. The van der Waals surface area contributed by atoms with Crippen molar-refractivity contribution in [2.75, 3.05) is 27.3 Å². The number of benzene rings is 1. The molecule has 0 saturated carbocycles. The maximum atomic E-state index is 12.8. The maximum absolute atomic E-state index is 12.8. The molecule has 3 nitrogen and oxygen atoms in total. The van der Waals surface area contributed by atoms with Gasteiger partial charge in [0.1, 0.15) is 0 Å². The van der Waals surface area contributed by atoms with Gasteiger partial charge >= 0.3 is 0 Å². The van der Waals surface area contributed by atoms with Crippen LogP contribution in [0.5, 0.6) is 0 Å². The fraction of sp³-hybridized carbons (Fsp3) is 0.611. The van der Waals surface area contributed by atoms with Gasteiger partial charge in [-0.15, -0.1) is 0 Å². The van der Waals surface area contributed by atoms with E-state index in [-0.39, 0.29) is 11.3 Å². The first-order valence-electron chi connectivity index (χ1n) is 7.68. The molecule has 1 aromatic rings. The van der Waals surface area contributed by atoms with Gasteiger partial charge in [-0.2, -0.15) is 0 Å². The van der Waals surface area contributed by atoms with Gasteiger partial charge in [0, 0.05) is 27.3 Å². The molecule has 21 heavy (non-hydrogen) atoms. The number of carbonyl (C=O) groups is 1. The highest BCUT2D eigenvalue weighted by atomic mass is 16.5. The van der Waals surface area contributed by atoms with E-state index in [0.717, 1.165) is 18.4 Å². The Morgan fingerprint density at radius 2 is 1.62 bits per heavy atom. The molecule has 1 aliphatic heterocycles. The number of hydrogen-bond donors (Lipinski definition) is 0. The fourth-order valence-electron chi connectivity index (χ4n) is 3.06. The Balaban J connectivity index is 2.40. The summed E-state index contributed by atoms with van der Waals surface area (Å²) >= 11 is 0. The van der Waals surface area contributed by atoms with Crippen LogP contribution in [0.1, 0.15) is 44.7 Å². The molecule has 116 valence electrons. The summed E-state index contributed by atoms with van der Waals surface area (Å²) in [5.74, 6) is 0.189. The molecule has 0 unspecified atom stereocenters. The average Bonchev–Trinajstić information content (AvgIpc) is 2.46. The van der Waals surface area contributed by atoms with Crippen molar-refractivity contribution in [3.8, 4) is 0 Å². The first-order chi connectivity index (χ1) is 9.77. The lowest BCUT2D eigenvalue weighted by Crippen LogP contribution is -2.47. The standard InChI is InChI=1S/C18H27NO2/c1-17(2,3)14-6-8-15(9-7-14)18(16(20)19(4)5)10-12-21-13-11-18/h6-9H,10-13H2,1-5H3. The lowest BCUT2D eigenvalue weighted by Gasteiger charge is -2.38. The summed E-state index contributed by atoms with van der Waals surface area (Å²) < 4.78 is 5.48. The van der Waals surface area contributed by atoms with Crippen LogP contribution >= 0.6 is 0 Å². The largest absolute Gasteiger partial charge is 0.381 e. The lowest BCUT2D eigenvalue weighted by molar-refractivity contribution is -0.138. The Kier molecular flexibility index (Phi) is 4.43. The summed E-state index contributed by atoms with van der Waals surface area (Å²) in [5.41, 5.74) is 2.13. The number of likely N-dealkylation sites (N-methyl/N-ethyl adjacent to an activating group) is 1. The summed E-state index contributed by atoms with van der Waals surface area (Å²) in [4.78, 5) is 14.5.